The molecule has 7 heteroatoms. The van der Waals surface area contributed by atoms with Crippen LogP contribution in [0.1, 0.15) is 37.0 Å². The molecule has 0 saturated carbocycles. The van der Waals surface area contributed by atoms with Crippen molar-refractivity contribution < 1.29 is 9.84 Å². The molecule has 0 saturated heterocycles. The van der Waals surface area contributed by atoms with Crippen molar-refractivity contribution in [1.82, 2.24) is 10.2 Å². The molecular formula is C17H23N3O2S2. The molecule has 130 valence electrons. The zero-order chi connectivity index (χ0) is 16.8. The minimum atomic E-state index is -0.504. The molecule has 2 unspecified atom stereocenters. The number of ether oxygens (including phenoxy) is 1. The Morgan fingerprint density at radius 2 is 2.29 bits per heavy atom. The normalized spacial score (nSPS) is 18.2. The predicted molar refractivity (Wildman–Crippen MR) is 98.9 cm³/mol. The lowest BCUT2D eigenvalue weighted by atomic mass is 9.89. The number of aliphatic hydroxyl groups is 1. The summed E-state index contributed by atoms with van der Waals surface area (Å²) in [7, 11) is 0. The Balaban J connectivity index is 1.45. The fourth-order valence-corrected chi connectivity index (χ4v) is 4.57. The van der Waals surface area contributed by atoms with Gasteiger partial charge in [0.25, 0.3) is 0 Å². The first-order valence-corrected chi connectivity index (χ1v) is 10.1. The van der Waals surface area contributed by atoms with E-state index in [1.165, 1.54) is 34.2 Å². The third-order valence-corrected chi connectivity index (χ3v) is 6.10. The van der Waals surface area contributed by atoms with Gasteiger partial charge in [-0.25, -0.2) is 0 Å². The highest BCUT2D eigenvalue weighted by Gasteiger charge is 2.21. The molecule has 2 aromatic rings. The molecule has 0 spiro atoms. The number of benzene rings is 1. The van der Waals surface area contributed by atoms with Crippen molar-refractivity contribution in [2.45, 2.75) is 42.7 Å². The molecule has 0 bridgehead atoms. The molecule has 2 atom stereocenters. The van der Waals surface area contributed by atoms with Crippen LogP contribution in [0.25, 0.3) is 0 Å². The van der Waals surface area contributed by atoms with Gasteiger partial charge in [-0.1, -0.05) is 47.4 Å². The lowest BCUT2D eigenvalue weighted by Crippen LogP contribution is -2.22. The van der Waals surface area contributed by atoms with Crippen LogP contribution in [0.5, 0.6) is 0 Å². The van der Waals surface area contributed by atoms with Crippen LogP contribution in [0.4, 0.5) is 5.13 Å². The number of rotatable bonds is 8. The van der Waals surface area contributed by atoms with E-state index >= 15 is 0 Å². The zero-order valence-corrected chi connectivity index (χ0v) is 15.4. The molecule has 1 aliphatic rings. The second kappa shape index (κ2) is 8.80. The van der Waals surface area contributed by atoms with Crippen LogP contribution in [0, 0.1) is 0 Å². The fourth-order valence-electron chi connectivity index (χ4n) is 2.82. The predicted octanol–water partition coefficient (Wildman–Crippen LogP) is 3.52. The van der Waals surface area contributed by atoms with Crippen LogP contribution in [-0.2, 0) is 11.2 Å². The summed E-state index contributed by atoms with van der Waals surface area (Å²) in [6.07, 6.45) is 2.90. The summed E-state index contributed by atoms with van der Waals surface area (Å²) in [6.45, 7) is 3.21. The molecule has 2 N–H and O–H groups in total. The number of aromatic nitrogens is 2. The summed E-state index contributed by atoms with van der Waals surface area (Å²) >= 11 is 3.04. The summed E-state index contributed by atoms with van der Waals surface area (Å²) in [5.41, 5.74) is 2.66. The second-order valence-electron chi connectivity index (χ2n) is 5.78. The van der Waals surface area contributed by atoms with Gasteiger partial charge in [0.2, 0.25) is 5.13 Å². The Kier molecular flexibility index (Phi) is 6.48. The van der Waals surface area contributed by atoms with Crippen molar-refractivity contribution in [2.75, 3.05) is 24.2 Å². The summed E-state index contributed by atoms with van der Waals surface area (Å²) < 4.78 is 6.86. The maximum atomic E-state index is 10.2. The Morgan fingerprint density at radius 3 is 3.17 bits per heavy atom. The van der Waals surface area contributed by atoms with Crippen LogP contribution in [0.3, 0.4) is 0 Å². The SMILES string of the molecule is CCNc1nnc(SCC(O)COC2CCCc3ccccc32)s1. The van der Waals surface area contributed by atoms with Crippen molar-refractivity contribution in [3.8, 4) is 0 Å². The van der Waals surface area contributed by atoms with Crippen molar-refractivity contribution in [1.29, 1.82) is 0 Å². The van der Waals surface area contributed by atoms with Gasteiger partial charge in [0.15, 0.2) is 4.34 Å². The Morgan fingerprint density at radius 1 is 1.42 bits per heavy atom. The Labute approximate surface area is 150 Å². The third-order valence-electron chi connectivity index (χ3n) is 3.94. The van der Waals surface area contributed by atoms with E-state index in [-0.39, 0.29) is 6.10 Å². The molecule has 0 amide bonds. The lowest BCUT2D eigenvalue weighted by molar-refractivity contribution is -0.00959. The number of nitrogens with one attached hydrogen (secondary N) is 1. The summed E-state index contributed by atoms with van der Waals surface area (Å²) in [4.78, 5) is 0. The number of aryl methyl sites for hydroxylation is 1. The van der Waals surface area contributed by atoms with Gasteiger partial charge in [-0.2, -0.15) is 0 Å². The monoisotopic (exact) mass is 365 g/mol. The minimum absolute atomic E-state index is 0.108. The molecule has 5 nitrogen and oxygen atoms in total. The van der Waals surface area contributed by atoms with Crippen LogP contribution in [-0.4, -0.2) is 40.3 Å². The van der Waals surface area contributed by atoms with E-state index < -0.39 is 6.10 Å². The third kappa shape index (κ3) is 4.69. The van der Waals surface area contributed by atoms with E-state index in [0.29, 0.717) is 12.4 Å². The fraction of sp³-hybridized carbons (Fsp3) is 0.529. The molecule has 1 aromatic carbocycles. The molecule has 0 aliphatic heterocycles. The van der Waals surface area contributed by atoms with E-state index in [1.54, 1.807) is 0 Å². The first-order valence-electron chi connectivity index (χ1n) is 8.34. The number of anilines is 1. The Hall–Kier alpha value is -1.15. The highest BCUT2D eigenvalue weighted by molar-refractivity contribution is 8.01. The average Bonchev–Trinajstić information content (AvgIpc) is 3.06. The van der Waals surface area contributed by atoms with E-state index in [2.05, 4.69) is 39.8 Å². The average molecular weight is 366 g/mol. The summed E-state index contributed by atoms with van der Waals surface area (Å²) in [5, 5.41) is 22.3. The largest absolute Gasteiger partial charge is 0.390 e. The number of hydrogen-bond donors (Lipinski definition) is 2. The molecular weight excluding hydrogens is 342 g/mol. The van der Waals surface area contributed by atoms with Gasteiger partial charge >= 0.3 is 0 Å². The minimum Gasteiger partial charge on any atom is -0.390 e. The quantitative estimate of drug-likeness (QED) is 0.698. The second-order valence-corrected chi connectivity index (χ2v) is 8.03. The van der Waals surface area contributed by atoms with Gasteiger partial charge in [0, 0.05) is 12.3 Å². The first-order chi connectivity index (χ1) is 11.8. The zero-order valence-electron chi connectivity index (χ0n) is 13.8. The van der Waals surface area contributed by atoms with Crippen LogP contribution >= 0.6 is 23.1 Å². The van der Waals surface area contributed by atoms with Gasteiger partial charge in [-0.05, 0) is 37.3 Å². The van der Waals surface area contributed by atoms with Crippen molar-refractivity contribution in [2.24, 2.45) is 0 Å². The molecule has 0 fully saturated rings. The van der Waals surface area contributed by atoms with Gasteiger partial charge in [0.05, 0.1) is 18.8 Å². The highest BCUT2D eigenvalue weighted by atomic mass is 32.2. The van der Waals surface area contributed by atoms with Gasteiger partial charge in [0.1, 0.15) is 0 Å². The van der Waals surface area contributed by atoms with Gasteiger partial charge in [-0.15, -0.1) is 10.2 Å². The van der Waals surface area contributed by atoms with Gasteiger partial charge < -0.3 is 15.2 Å². The molecule has 3 rings (SSSR count). The number of hydrogen-bond acceptors (Lipinski definition) is 7. The van der Waals surface area contributed by atoms with Crippen LogP contribution < -0.4 is 5.32 Å². The van der Waals surface area contributed by atoms with Crippen LogP contribution in [0.15, 0.2) is 28.6 Å². The van der Waals surface area contributed by atoms with E-state index in [1.807, 2.05) is 6.92 Å². The molecule has 1 aliphatic carbocycles. The first kappa shape index (κ1) is 17.7. The van der Waals surface area contributed by atoms with E-state index in [4.69, 9.17) is 4.74 Å². The van der Waals surface area contributed by atoms with Crippen molar-refractivity contribution in [3.05, 3.63) is 35.4 Å². The molecule has 0 radical (unpaired) electrons. The number of thioether (sulfide) groups is 1. The topological polar surface area (TPSA) is 67.3 Å². The standard InChI is InChI=1S/C17H23N3O2S2/c1-2-18-16-19-20-17(24-16)23-11-13(21)10-22-15-9-5-7-12-6-3-4-8-14(12)15/h3-4,6,8,13,15,21H,2,5,7,9-11H2,1H3,(H,18,19). The summed E-state index contributed by atoms with van der Waals surface area (Å²) in [5.74, 6) is 0.565. The smallest absolute Gasteiger partial charge is 0.206 e. The molecule has 1 aromatic heterocycles. The van der Waals surface area contributed by atoms with Crippen LogP contribution in [0.2, 0.25) is 0 Å². The highest BCUT2D eigenvalue weighted by Crippen LogP contribution is 2.32. The number of nitrogens with zero attached hydrogens (tertiary/aromatic N) is 2. The van der Waals surface area contributed by atoms with Crippen molar-refractivity contribution >= 4 is 28.2 Å². The van der Waals surface area contributed by atoms with E-state index in [9.17, 15) is 5.11 Å². The number of fused-ring (bicyclic) bond motifs is 1. The molecule has 24 heavy (non-hydrogen) atoms. The maximum absolute atomic E-state index is 10.2. The lowest BCUT2D eigenvalue weighted by Gasteiger charge is -2.26. The molecule has 1 heterocycles. The number of aliphatic hydroxyl groups excluding tert-OH is 1. The Bertz CT molecular complexity index is 650. The van der Waals surface area contributed by atoms with Crippen molar-refractivity contribution in [3.63, 3.8) is 0 Å². The maximum Gasteiger partial charge on any atom is 0.206 e. The summed E-state index contributed by atoms with van der Waals surface area (Å²) in [6, 6.07) is 8.46. The van der Waals surface area contributed by atoms with E-state index in [0.717, 1.165) is 35.3 Å². The van der Waals surface area contributed by atoms with Gasteiger partial charge in [-0.3, -0.25) is 0 Å².